The van der Waals surface area contributed by atoms with Crippen LogP contribution in [0.2, 0.25) is 0 Å². The van der Waals surface area contributed by atoms with Crippen LogP contribution in [0, 0.1) is 16.0 Å². The summed E-state index contributed by atoms with van der Waals surface area (Å²) in [4.78, 5) is 31.4. The Morgan fingerprint density at radius 3 is 2.71 bits per heavy atom. The van der Waals surface area contributed by atoms with Gasteiger partial charge in [-0.2, -0.15) is 4.98 Å². The largest absolute Gasteiger partial charge is 0.364 e. The molecule has 5 N–H and O–H groups in total. The van der Waals surface area contributed by atoms with Crippen molar-refractivity contribution in [3.63, 3.8) is 0 Å². The highest BCUT2D eigenvalue weighted by Gasteiger charge is 2.23. The number of carbonyl (C=O) groups excluding carboxylic acids is 1. The van der Waals surface area contributed by atoms with Crippen molar-refractivity contribution < 1.29 is 9.72 Å². The molecule has 24 heavy (non-hydrogen) atoms. The van der Waals surface area contributed by atoms with Crippen LogP contribution in [-0.2, 0) is 4.79 Å². The lowest BCUT2D eigenvalue weighted by atomic mass is 9.86. The van der Waals surface area contributed by atoms with Gasteiger partial charge in [-0.3, -0.25) is 19.8 Å². The van der Waals surface area contributed by atoms with Crippen LogP contribution in [0.15, 0.2) is 6.20 Å². The molecule has 10 heteroatoms. The van der Waals surface area contributed by atoms with Crippen LogP contribution >= 0.6 is 0 Å². The second-order valence-corrected chi connectivity index (χ2v) is 5.98. The minimum Gasteiger partial charge on any atom is -0.364 e. The molecule has 0 unspecified atom stereocenters. The van der Waals surface area contributed by atoms with E-state index in [-0.39, 0.29) is 35.9 Å². The van der Waals surface area contributed by atoms with Crippen LogP contribution < -0.4 is 21.7 Å². The summed E-state index contributed by atoms with van der Waals surface area (Å²) in [5, 5.41) is 14.2. The standard InChI is InChI=1S/C14H23N7O3/c1-20(12(22)6-15)14-18-8-11(21(23)24)13(19-14)17-7-9-2-4-10(16)5-3-9/h8-10H,2-7,15-16H2,1H3,(H,17,18,19). The molecule has 0 bridgehead atoms. The molecule has 0 aliphatic heterocycles. The van der Waals surface area contributed by atoms with Gasteiger partial charge >= 0.3 is 5.69 Å². The first-order chi connectivity index (χ1) is 11.4. The smallest absolute Gasteiger partial charge is 0.329 e. The fourth-order valence-electron chi connectivity index (χ4n) is 2.67. The molecule has 10 nitrogen and oxygen atoms in total. The molecule has 2 rings (SSSR count). The molecule has 1 aromatic heterocycles. The Hall–Kier alpha value is -2.33. The molecule has 0 atom stereocenters. The lowest BCUT2D eigenvalue weighted by Crippen LogP contribution is -2.34. The Balaban J connectivity index is 2.13. The first-order valence-electron chi connectivity index (χ1n) is 7.89. The van der Waals surface area contributed by atoms with Crippen molar-refractivity contribution in [1.29, 1.82) is 0 Å². The normalized spacial score (nSPS) is 20.5. The molecule has 132 valence electrons. The third-order valence-electron chi connectivity index (χ3n) is 4.25. The van der Waals surface area contributed by atoms with Crippen molar-refractivity contribution in [2.75, 3.05) is 30.4 Å². The number of nitrogens with one attached hydrogen (secondary N) is 1. The summed E-state index contributed by atoms with van der Waals surface area (Å²) in [6, 6.07) is 0.247. The lowest BCUT2D eigenvalue weighted by molar-refractivity contribution is -0.384. The van der Waals surface area contributed by atoms with Gasteiger partial charge in [0.25, 0.3) is 0 Å². The highest BCUT2D eigenvalue weighted by molar-refractivity contribution is 5.92. The minimum absolute atomic E-state index is 0.0733. The first-order valence-corrected chi connectivity index (χ1v) is 7.89. The summed E-state index contributed by atoms with van der Waals surface area (Å²) in [6.07, 6.45) is 4.97. The number of nitrogens with zero attached hydrogens (tertiary/aromatic N) is 4. The molecule has 1 aromatic rings. The SMILES string of the molecule is CN(C(=O)CN)c1ncc([N+](=O)[O-])c(NCC2CCC(N)CC2)n1. The average molecular weight is 337 g/mol. The van der Waals surface area contributed by atoms with E-state index in [2.05, 4.69) is 15.3 Å². The van der Waals surface area contributed by atoms with E-state index in [1.807, 2.05) is 0 Å². The second kappa shape index (κ2) is 7.97. The van der Waals surface area contributed by atoms with E-state index in [9.17, 15) is 14.9 Å². The Kier molecular flexibility index (Phi) is 5.99. The summed E-state index contributed by atoms with van der Waals surface area (Å²) in [7, 11) is 1.47. The number of rotatable bonds is 6. The number of likely N-dealkylation sites (N-methyl/N-ethyl adjacent to an activating group) is 1. The lowest BCUT2D eigenvalue weighted by Gasteiger charge is -2.26. The van der Waals surface area contributed by atoms with Crippen molar-refractivity contribution in [1.82, 2.24) is 9.97 Å². The maximum Gasteiger partial charge on any atom is 0.329 e. The molecule has 0 aromatic carbocycles. The Morgan fingerprint density at radius 2 is 2.12 bits per heavy atom. The Labute approximate surface area is 139 Å². The third-order valence-corrected chi connectivity index (χ3v) is 4.25. The number of carbonyl (C=O) groups is 1. The van der Waals surface area contributed by atoms with Gasteiger partial charge < -0.3 is 16.8 Å². The maximum atomic E-state index is 11.6. The summed E-state index contributed by atoms with van der Waals surface area (Å²) in [5.41, 5.74) is 11.0. The van der Waals surface area contributed by atoms with Crippen molar-refractivity contribution in [2.24, 2.45) is 17.4 Å². The van der Waals surface area contributed by atoms with Gasteiger partial charge in [-0.15, -0.1) is 0 Å². The van der Waals surface area contributed by atoms with Crippen LogP contribution in [-0.4, -0.2) is 47.0 Å². The van der Waals surface area contributed by atoms with E-state index in [1.165, 1.54) is 11.9 Å². The fraction of sp³-hybridized carbons (Fsp3) is 0.643. The summed E-state index contributed by atoms with van der Waals surface area (Å²) < 4.78 is 0. The Bertz CT molecular complexity index is 602. The van der Waals surface area contributed by atoms with Gasteiger partial charge in [0, 0.05) is 19.6 Å². The number of hydrogen-bond acceptors (Lipinski definition) is 8. The number of hydrogen-bond donors (Lipinski definition) is 3. The quantitative estimate of drug-likeness (QED) is 0.492. The molecular formula is C14H23N7O3. The van der Waals surface area contributed by atoms with E-state index in [0.29, 0.717) is 12.5 Å². The van der Waals surface area contributed by atoms with Crippen LogP contribution in [0.3, 0.4) is 0 Å². The first kappa shape index (κ1) is 18.0. The van der Waals surface area contributed by atoms with E-state index < -0.39 is 4.92 Å². The monoisotopic (exact) mass is 337 g/mol. The van der Waals surface area contributed by atoms with Gasteiger partial charge in [-0.1, -0.05) is 0 Å². The summed E-state index contributed by atoms with van der Waals surface area (Å²) in [5.74, 6) is 0.197. The van der Waals surface area contributed by atoms with Gasteiger partial charge in [0.15, 0.2) is 0 Å². The van der Waals surface area contributed by atoms with Crippen molar-refractivity contribution in [2.45, 2.75) is 31.7 Å². The highest BCUT2D eigenvalue weighted by Crippen LogP contribution is 2.26. The van der Waals surface area contributed by atoms with Gasteiger partial charge in [0.1, 0.15) is 6.20 Å². The van der Waals surface area contributed by atoms with Crippen LogP contribution in [0.1, 0.15) is 25.7 Å². The molecule has 1 aliphatic carbocycles. The molecule has 0 spiro atoms. The fourth-order valence-corrected chi connectivity index (χ4v) is 2.67. The molecule has 1 amide bonds. The molecule has 1 saturated carbocycles. The van der Waals surface area contributed by atoms with Crippen LogP contribution in [0.4, 0.5) is 17.5 Å². The van der Waals surface area contributed by atoms with Gasteiger partial charge in [-0.05, 0) is 31.6 Å². The molecule has 0 saturated heterocycles. The van der Waals surface area contributed by atoms with E-state index in [0.717, 1.165) is 31.9 Å². The predicted octanol–water partition coefficient (Wildman–Crippen LogP) is 0.236. The van der Waals surface area contributed by atoms with E-state index >= 15 is 0 Å². The number of nitro groups is 1. The molecule has 1 heterocycles. The molecular weight excluding hydrogens is 314 g/mol. The van der Waals surface area contributed by atoms with Gasteiger partial charge in [0.2, 0.25) is 17.7 Å². The highest BCUT2D eigenvalue weighted by atomic mass is 16.6. The average Bonchev–Trinajstić information content (AvgIpc) is 2.59. The molecule has 0 radical (unpaired) electrons. The number of nitrogens with two attached hydrogens (primary N) is 2. The molecule has 1 aliphatic rings. The summed E-state index contributed by atoms with van der Waals surface area (Å²) >= 11 is 0. The van der Waals surface area contributed by atoms with Gasteiger partial charge in [0.05, 0.1) is 11.5 Å². The van der Waals surface area contributed by atoms with E-state index in [4.69, 9.17) is 11.5 Å². The van der Waals surface area contributed by atoms with Crippen molar-refractivity contribution >= 4 is 23.4 Å². The number of anilines is 2. The topological polar surface area (TPSA) is 153 Å². The van der Waals surface area contributed by atoms with Gasteiger partial charge in [-0.25, -0.2) is 4.98 Å². The van der Waals surface area contributed by atoms with Crippen molar-refractivity contribution in [3.8, 4) is 0 Å². The van der Waals surface area contributed by atoms with Crippen LogP contribution in [0.5, 0.6) is 0 Å². The zero-order chi connectivity index (χ0) is 17.7. The number of aromatic nitrogens is 2. The predicted molar refractivity (Wildman–Crippen MR) is 89.6 cm³/mol. The zero-order valence-corrected chi connectivity index (χ0v) is 13.6. The Morgan fingerprint density at radius 1 is 1.46 bits per heavy atom. The maximum absolute atomic E-state index is 11.6. The van der Waals surface area contributed by atoms with Crippen LogP contribution in [0.25, 0.3) is 0 Å². The van der Waals surface area contributed by atoms with Crippen molar-refractivity contribution in [3.05, 3.63) is 16.3 Å². The molecule has 1 fully saturated rings. The van der Waals surface area contributed by atoms with E-state index in [1.54, 1.807) is 0 Å². The minimum atomic E-state index is -0.548. The third kappa shape index (κ3) is 4.36. The summed E-state index contributed by atoms with van der Waals surface area (Å²) in [6.45, 7) is 0.375. The second-order valence-electron chi connectivity index (χ2n) is 5.98. The number of amides is 1. The zero-order valence-electron chi connectivity index (χ0n) is 13.6.